The van der Waals surface area contributed by atoms with Crippen molar-refractivity contribution in [3.63, 3.8) is 0 Å². The molecule has 5 heteroatoms. The van der Waals surface area contributed by atoms with E-state index in [2.05, 4.69) is 37.6 Å². The first-order chi connectivity index (χ1) is 14.2. The number of nitrogens with one attached hydrogen (secondary N) is 1. The molecular weight excluding hydrogens is 374 g/mol. The van der Waals surface area contributed by atoms with E-state index >= 15 is 0 Å². The van der Waals surface area contributed by atoms with Crippen LogP contribution in [0.1, 0.15) is 72.1 Å². The van der Waals surface area contributed by atoms with E-state index in [0.29, 0.717) is 29.2 Å². The van der Waals surface area contributed by atoms with E-state index in [1.165, 1.54) is 38.5 Å². The van der Waals surface area contributed by atoms with Crippen LogP contribution in [0.2, 0.25) is 0 Å². The predicted octanol–water partition coefficient (Wildman–Crippen LogP) is 6.16. The summed E-state index contributed by atoms with van der Waals surface area (Å²) >= 11 is 0. The van der Waals surface area contributed by atoms with Crippen LogP contribution in [0.3, 0.4) is 0 Å². The third-order valence-electron chi connectivity index (χ3n) is 8.09. The highest BCUT2D eigenvalue weighted by molar-refractivity contribution is 5.63. The number of hydrogen-bond donors (Lipinski definition) is 1. The van der Waals surface area contributed by atoms with E-state index in [1.54, 1.807) is 12.1 Å². The lowest BCUT2D eigenvalue weighted by molar-refractivity contribution is -0.384. The summed E-state index contributed by atoms with van der Waals surface area (Å²) in [5, 5.41) is 15.0. The first kappa shape index (κ1) is 21.4. The van der Waals surface area contributed by atoms with Crippen LogP contribution >= 0.6 is 0 Å². The molecule has 3 atom stereocenters. The molecule has 2 heterocycles. The van der Waals surface area contributed by atoms with Crippen molar-refractivity contribution >= 4 is 11.4 Å². The highest BCUT2D eigenvalue weighted by atomic mass is 16.6. The monoisotopic (exact) mass is 411 g/mol. The average Bonchev–Trinajstić information content (AvgIpc) is 2.99. The summed E-state index contributed by atoms with van der Waals surface area (Å²) in [5.74, 6) is 0.837. The van der Waals surface area contributed by atoms with E-state index in [9.17, 15) is 10.1 Å². The molecular formula is C25H37N3O2. The molecule has 2 aliphatic heterocycles. The molecule has 0 spiro atoms. The van der Waals surface area contributed by atoms with Crippen LogP contribution in [-0.4, -0.2) is 33.5 Å². The van der Waals surface area contributed by atoms with E-state index in [4.69, 9.17) is 0 Å². The Balaban J connectivity index is 1.48. The standard InChI is InChI=1S/C25H37N3O2/c1-5-25(26-22-8-6-7-9-23(22)28(29)30)16-20-14-15-21(17-25)27(20)19-12-10-18(11-13-19)24(2,3)4/h5-9,18-21,26H,1,10-17H2,2-4H3/t18?,19?,20-,21+,25?. The van der Waals surface area contributed by atoms with Gasteiger partial charge in [-0.05, 0) is 68.8 Å². The average molecular weight is 412 g/mol. The second-order valence-corrected chi connectivity index (χ2v) is 10.9. The Labute approximate surface area is 181 Å². The van der Waals surface area contributed by atoms with Crippen molar-refractivity contribution in [1.82, 2.24) is 4.90 Å². The summed E-state index contributed by atoms with van der Waals surface area (Å²) < 4.78 is 0. The molecule has 1 aromatic carbocycles. The fourth-order valence-corrected chi connectivity index (χ4v) is 6.48. The third kappa shape index (κ3) is 4.01. The molecule has 5 nitrogen and oxygen atoms in total. The molecule has 30 heavy (non-hydrogen) atoms. The number of anilines is 1. The van der Waals surface area contributed by atoms with Crippen LogP contribution in [-0.2, 0) is 0 Å². The number of para-hydroxylation sites is 2. The Morgan fingerprint density at radius 2 is 1.63 bits per heavy atom. The zero-order valence-electron chi connectivity index (χ0n) is 18.8. The molecule has 1 aliphatic carbocycles. The highest BCUT2D eigenvalue weighted by Gasteiger charge is 2.50. The summed E-state index contributed by atoms with van der Waals surface area (Å²) in [6.45, 7) is 11.3. The lowest BCUT2D eigenvalue weighted by Gasteiger charge is -2.51. The van der Waals surface area contributed by atoms with Crippen LogP contribution < -0.4 is 5.32 Å². The third-order valence-corrected chi connectivity index (χ3v) is 8.09. The second kappa shape index (κ2) is 7.99. The Morgan fingerprint density at radius 1 is 1.07 bits per heavy atom. The Hall–Kier alpha value is -1.88. The largest absolute Gasteiger partial charge is 0.370 e. The summed E-state index contributed by atoms with van der Waals surface area (Å²) in [6.07, 6.45) is 11.8. The molecule has 0 aromatic heterocycles. The Kier molecular flexibility index (Phi) is 5.69. The molecule has 2 bridgehead atoms. The molecule has 1 aromatic rings. The van der Waals surface area contributed by atoms with Crippen molar-refractivity contribution in [2.45, 2.75) is 95.8 Å². The van der Waals surface area contributed by atoms with Gasteiger partial charge >= 0.3 is 0 Å². The van der Waals surface area contributed by atoms with Gasteiger partial charge in [-0.25, -0.2) is 0 Å². The van der Waals surface area contributed by atoms with Gasteiger partial charge in [0.25, 0.3) is 5.69 Å². The van der Waals surface area contributed by atoms with E-state index in [0.717, 1.165) is 18.8 Å². The molecule has 0 amide bonds. The number of piperidine rings is 1. The van der Waals surface area contributed by atoms with Crippen molar-refractivity contribution in [2.24, 2.45) is 11.3 Å². The normalized spacial score (nSPS) is 34.5. The van der Waals surface area contributed by atoms with Crippen molar-refractivity contribution in [2.75, 3.05) is 5.32 Å². The van der Waals surface area contributed by atoms with Gasteiger partial charge in [-0.1, -0.05) is 39.0 Å². The van der Waals surface area contributed by atoms with E-state index < -0.39 is 0 Å². The zero-order valence-corrected chi connectivity index (χ0v) is 18.8. The van der Waals surface area contributed by atoms with Crippen molar-refractivity contribution in [3.05, 3.63) is 47.0 Å². The van der Waals surface area contributed by atoms with Crippen LogP contribution in [0.4, 0.5) is 11.4 Å². The fraction of sp³-hybridized carbons (Fsp3) is 0.680. The van der Waals surface area contributed by atoms with E-state index in [1.807, 2.05) is 18.2 Å². The van der Waals surface area contributed by atoms with E-state index in [-0.39, 0.29) is 16.1 Å². The first-order valence-corrected chi connectivity index (χ1v) is 11.6. The van der Waals surface area contributed by atoms with Crippen LogP contribution in [0.5, 0.6) is 0 Å². The number of hydrogen-bond acceptors (Lipinski definition) is 4. The van der Waals surface area contributed by atoms with Crippen molar-refractivity contribution < 1.29 is 4.92 Å². The number of nitro benzene ring substituents is 1. The van der Waals surface area contributed by atoms with Crippen LogP contribution in [0.25, 0.3) is 0 Å². The molecule has 0 radical (unpaired) electrons. The lowest BCUT2D eigenvalue weighted by Crippen LogP contribution is -2.57. The Bertz CT molecular complexity index is 778. The predicted molar refractivity (Wildman–Crippen MR) is 123 cm³/mol. The van der Waals surface area contributed by atoms with Gasteiger partial charge in [0.1, 0.15) is 5.69 Å². The van der Waals surface area contributed by atoms with Crippen molar-refractivity contribution in [3.8, 4) is 0 Å². The number of benzene rings is 1. The zero-order chi connectivity index (χ0) is 21.5. The van der Waals surface area contributed by atoms with Gasteiger partial charge < -0.3 is 5.32 Å². The van der Waals surface area contributed by atoms with Crippen LogP contribution in [0.15, 0.2) is 36.9 Å². The minimum atomic E-state index is -0.295. The number of nitro groups is 1. The van der Waals surface area contributed by atoms with Gasteiger partial charge in [0.05, 0.1) is 10.5 Å². The topological polar surface area (TPSA) is 58.4 Å². The van der Waals surface area contributed by atoms with Crippen LogP contribution in [0, 0.1) is 21.4 Å². The van der Waals surface area contributed by atoms with Gasteiger partial charge in [-0.15, -0.1) is 6.58 Å². The smallest absolute Gasteiger partial charge is 0.292 e. The van der Waals surface area contributed by atoms with Gasteiger partial charge in [0.2, 0.25) is 0 Å². The number of nitrogens with zero attached hydrogens (tertiary/aromatic N) is 2. The fourth-order valence-electron chi connectivity index (χ4n) is 6.48. The highest BCUT2D eigenvalue weighted by Crippen LogP contribution is 2.48. The molecule has 3 aliphatic rings. The molecule has 2 saturated heterocycles. The summed E-state index contributed by atoms with van der Waals surface area (Å²) in [7, 11) is 0. The molecule has 3 fully saturated rings. The summed E-state index contributed by atoms with van der Waals surface area (Å²) in [4.78, 5) is 14.0. The maximum Gasteiger partial charge on any atom is 0.292 e. The minimum absolute atomic E-state index is 0.147. The Morgan fingerprint density at radius 3 is 2.17 bits per heavy atom. The van der Waals surface area contributed by atoms with Gasteiger partial charge in [0.15, 0.2) is 0 Å². The maximum atomic E-state index is 11.5. The van der Waals surface area contributed by atoms with Gasteiger partial charge in [-0.3, -0.25) is 15.0 Å². The molecule has 164 valence electrons. The molecule has 4 rings (SSSR count). The lowest BCUT2D eigenvalue weighted by atomic mass is 9.70. The summed E-state index contributed by atoms with van der Waals surface area (Å²) in [5.41, 5.74) is 0.907. The number of fused-ring (bicyclic) bond motifs is 2. The second-order valence-electron chi connectivity index (χ2n) is 10.9. The molecule has 1 unspecified atom stereocenters. The quantitative estimate of drug-likeness (QED) is 0.358. The number of rotatable bonds is 5. The van der Waals surface area contributed by atoms with Gasteiger partial charge in [-0.2, -0.15) is 0 Å². The molecule has 1 saturated carbocycles. The first-order valence-electron chi connectivity index (χ1n) is 11.6. The van der Waals surface area contributed by atoms with Crippen molar-refractivity contribution in [1.29, 1.82) is 0 Å². The minimum Gasteiger partial charge on any atom is -0.370 e. The SMILES string of the molecule is C=CC1(Nc2ccccc2[N+](=O)[O-])C[C@H]2CC[C@@H](C1)N2C1CCC(C(C)(C)C)CC1. The van der Waals surface area contributed by atoms with Gasteiger partial charge in [0, 0.05) is 24.2 Å². The summed E-state index contributed by atoms with van der Waals surface area (Å²) in [6, 6.07) is 8.80. The maximum absolute atomic E-state index is 11.5. The molecule has 1 N–H and O–H groups in total.